The molecular formula is C14H18N2O4. The molecule has 0 saturated heterocycles. The smallest absolute Gasteiger partial charge is 0.268 e. The van der Waals surface area contributed by atoms with Crippen LogP contribution in [-0.4, -0.2) is 37.0 Å². The minimum atomic E-state index is -1.10. The zero-order valence-electron chi connectivity index (χ0n) is 11.5. The van der Waals surface area contributed by atoms with Crippen LogP contribution in [0.25, 0.3) is 0 Å². The summed E-state index contributed by atoms with van der Waals surface area (Å²) in [5.41, 5.74) is 2.93. The number of amides is 1. The lowest BCUT2D eigenvalue weighted by molar-refractivity contribution is -0.128. The van der Waals surface area contributed by atoms with Crippen LogP contribution in [0.5, 0.6) is 11.5 Å². The highest BCUT2D eigenvalue weighted by Crippen LogP contribution is 2.27. The van der Waals surface area contributed by atoms with Gasteiger partial charge >= 0.3 is 0 Å². The summed E-state index contributed by atoms with van der Waals surface area (Å²) in [7, 11) is 1.53. The molecule has 0 aromatic heterocycles. The van der Waals surface area contributed by atoms with Gasteiger partial charge in [0.1, 0.15) is 12.7 Å². The van der Waals surface area contributed by atoms with Crippen LogP contribution in [-0.2, 0) is 4.79 Å². The van der Waals surface area contributed by atoms with Gasteiger partial charge in [-0.2, -0.15) is 5.10 Å². The van der Waals surface area contributed by atoms with Gasteiger partial charge < -0.3 is 14.6 Å². The van der Waals surface area contributed by atoms with Crippen molar-refractivity contribution in [1.29, 1.82) is 0 Å². The Morgan fingerprint density at radius 2 is 2.30 bits per heavy atom. The first-order chi connectivity index (χ1) is 9.58. The standard InChI is InChI=1S/C14H18N2O4/c1-4-7-20-12-6-5-11(8-13(12)19-3)9-15-16-14(18)10(2)17/h4-6,8-10,17H,1,7H2,2-3H3,(H,16,18). The fourth-order valence-electron chi connectivity index (χ4n) is 1.30. The fraction of sp³-hybridized carbons (Fsp3) is 0.286. The van der Waals surface area contributed by atoms with Crippen LogP contribution in [0.4, 0.5) is 0 Å². The first-order valence-corrected chi connectivity index (χ1v) is 6.01. The number of hydrogen-bond donors (Lipinski definition) is 2. The number of nitrogens with one attached hydrogen (secondary N) is 1. The molecule has 0 heterocycles. The third-order valence-corrected chi connectivity index (χ3v) is 2.31. The van der Waals surface area contributed by atoms with Gasteiger partial charge in [-0.25, -0.2) is 5.43 Å². The lowest BCUT2D eigenvalue weighted by Crippen LogP contribution is -2.28. The number of rotatable bonds is 7. The summed E-state index contributed by atoms with van der Waals surface area (Å²) in [6.45, 7) is 5.32. The van der Waals surface area contributed by atoms with E-state index in [-0.39, 0.29) is 0 Å². The molecule has 0 aliphatic carbocycles. The number of aliphatic hydroxyl groups is 1. The maximum Gasteiger partial charge on any atom is 0.268 e. The quantitative estimate of drug-likeness (QED) is 0.444. The highest BCUT2D eigenvalue weighted by Gasteiger charge is 2.06. The van der Waals surface area contributed by atoms with Crippen molar-refractivity contribution in [2.45, 2.75) is 13.0 Å². The Kier molecular flexibility index (Phi) is 6.25. The monoisotopic (exact) mass is 278 g/mol. The molecule has 1 aromatic rings. The van der Waals surface area contributed by atoms with E-state index in [0.29, 0.717) is 18.1 Å². The summed E-state index contributed by atoms with van der Waals surface area (Å²) < 4.78 is 10.6. The fourth-order valence-corrected chi connectivity index (χ4v) is 1.30. The van der Waals surface area contributed by atoms with Crippen molar-refractivity contribution in [2.24, 2.45) is 5.10 Å². The number of methoxy groups -OCH3 is 1. The van der Waals surface area contributed by atoms with Crippen LogP contribution < -0.4 is 14.9 Å². The molecule has 0 spiro atoms. The Morgan fingerprint density at radius 1 is 1.55 bits per heavy atom. The third kappa shape index (κ3) is 4.74. The van der Waals surface area contributed by atoms with Gasteiger partial charge in [-0.15, -0.1) is 0 Å². The second-order valence-corrected chi connectivity index (χ2v) is 3.92. The lowest BCUT2D eigenvalue weighted by Gasteiger charge is -2.09. The van der Waals surface area contributed by atoms with Gasteiger partial charge in [0.05, 0.1) is 13.3 Å². The Bertz CT molecular complexity index is 498. The molecule has 1 amide bonds. The molecule has 2 N–H and O–H groups in total. The number of ether oxygens (including phenoxy) is 2. The SMILES string of the molecule is C=CCOc1ccc(C=NNC(=O)C(C)O)cc1OC. The van der Waals surface area contributed by atoms with Crippen LogP contribution in [0, 0.1) is 0 Å². The van der Waals surface area contributed by atoms with Crippen LogP contribution >= 0.6 is 0 Å². The summed E-state index contributed by atoms with van der Waals surface area (Å²) in [5.74, 6) is 0.578. The van der Waals surface area contributed by atoms with Crippen molar-refractivity contribution in [2.75, 3.05) is 13.7 Å². The Morgan fingerprint density at radius 3 is 2.90 bits per heavy atom. The normalized spacial score (nSPS) is 11.9. The van der Waals surface area contributed by atoms with Gasteiger partial charge in [0.25, 0.3) is 5.91 Å². The second-order valence-electron chi connectivity index (χ2n) is 3.92. The van der Waals surface area contributed by atoms with E-state index in [9.17, 15) is 4.79 Å². The predicted molar refractivity (Wildman–Crippen MR) is 76.1 cm³/mol. The van der Waals surface area contributed by atoms with Crippen LogP contribution in [0.2, 0.25) is 0 Å². The Hall–Kier alpha value is -2.34. The molecule has 0 aliphatic heterocycles. The summed E-state index contributed by atoms with van der Waals surface area (Å²) in [5, 5.41) is 12.7. The largest absolute Gasteiger partial charge is 0.493 e. The molecule has 1 atom stereocenters. The van der Waals surface area contributed by atoms with E-state index in [2.05, 4.69) is 17.1 Å². The van der Waals surface area contributed by atoms with Crippen molar-refractivity contribution in [3.63, 3.8) is 0 Å². The number of hydrazone groups is 1. The van der Waals surface area contributed by atoms with Crippen molar-refractivity contribution in [3.05, 3.63) is 36.4 Å². The zero-order chi connectivity index (χ0) is 15.0. The van der Waals surface area contributed by atoms with Crippen LogP contribution in [0.15, 0.2) is 36.0 Å². The van der Waals surface area contributed by atoms with E-state index in [0.717, 1.165) is 5.56 Å². The van der Waals surface area contributed by atoms with Gasteiger partial charge in [-0.1, -0.05) is 12.7 Å². The first kappa shape index (κ1) is 15.7. The van der Waals surface area contributed by atoms with E-state index < -0.39 is 12.0 Å². The molecule has 108 valence electrons. The maximum absolute atomic E-state index is 11.1. The molecule has 1 rings (SSSR count). The molecule has 20 heavy (non-hydrogen) atoms. The van der Waals surface area contributed by atoms with Gasteiger partial charge in [0, 0.05) is 0 Å². The summed E-state index contributed by atoms with van der Waals surface area (Å²) in [6, 6.07) is 5.22. The number of aliphatic hydroxyl groups excluding tert-OH is 1. The van der Waals surface area contributed by atoms with E-state index >= 15 is 0 Å². The van der Waals surface area contributed by atoms with Crippen molar-refractivity contribution in [1.82, 2.24) is 5.43 Å². The molecule has 6 heteroatoms. The molecule has 0 aliphatic rings. The zero-order valence-corrected chi connectivity index (χ0v) is 11.5. The van der Waals surface area contributed by atoms with Crippen LogP contribution in [0.3, 0.4) is 0 Å². The van der Waals surface area contributed by atoms with E-state index in [1.807, 2.05) is 0 Å². The number of benzene rings is 1. The van der Waals surface area contributed by atoms with Gasteiger partial charge in [0.15, 0.2) is 11.5 Å². The highest BCUT2D eigenvalue weighted by molar-refractivity contribution is 5.84. The highest BCUT2D eigenvalue weighted by atomic mass is 16.5. The number of nitrogens with zero attached hydrogens (tertiary/aromatic N) is 1. The van der Waals surface area contributed by atoms with Crippen LogP contribution in [0.1, 0.15) is 12.5 Å². The maximum atomic E-state index is 11.1. The summed E-state index contributed by atoms with van der Waals surface area (Å²) in [6.07, 6.45) is 1.98. The first-order valence-electron chi connectivity index (χ1n) is 6.01. The predicted octanol–water partition coefficient (Wildman–Crippen LogP) is 1.09. The minimum Gasteiger partial charge on any atom is -0.493 e. The second kappa shape index (κ2) is 7.96. The molecule has 6 nitrogen and oxygen atoms in total. The van der Waals surface area contributed by atoms with Gasteiger partial charge in [-0.05, 0) is 30.7 Å². The number of carbonyl (C=O) groups is 1. The lowest BCUT2D eigenvalue weighted by atomic mass is 10.2. The van der Waals surface area contributed by atoms with E-state index in [1.54, 1.807) is 24.3 Å². The molecule has 0 fully saturated rings. The molecular weight excluding hydrogens is 260 g/mol. The summed E-state index contributed by atoms with van der Waals surface area (Å²) >= 11 is 0. The average molecular weight is 278 g/mol. The minimum absolute atomic E-state index is 0.383. The third-order valence-electron chi connectivity index (χ3n) is 2.31. The van der Waals surface area contributed by atoms with Gasteiger partial charge in [-0.3, -0.25) is 4.79 Å². The Labute approximate surface area is 117 Å². The van der Waals surface area contributed by atoms with Crippen molar-refractivity contribution < 1.29 is 19.4 Å². The number of hydrogen-bond acceptors (Lipinski definition) is 5. The number of carbonyl (C=O) groups excluding carboxylic acids is 1. The molecule has 0 saturated carbocycles. The average Bonchev–Trinajstić information content (AvgIpc) is 2.45. The van der Waals surface area contributed by atoms with E-state index in [4.69, 9.17) is 14.6 Å². The molecule has 0 radical (unpaired) electrons. The van der Waals surface area contributed by atoms with Gasteiger partial charge in [0.2, 0.25) is 0 Å². The topological polar surface area (TPSA) is 80.2 Å². The molecule has 1 unspecified atom stereocenters. The Balaban J connectivity index is 2.74. The molecule has 0 bridgehead atoms. The molecule has 1 aromatic carbocycles. The van der Waals surface area contributed by atoms with E-state index in [1.165, 1.54) is 20.2 Å². The van der Waals surface area contributed by atoms with Crippen molar-refractivity contribution >= 4 is 12.1 Å². The van der Waals surface area contributed by atoms with Crippen molar-refractivity contribution in [3.8, 4) is 11.5 Å². The summed E-state index contributed by atoms with van der Waals surface area (Å²) in [4.78, 5) is 11.1.